The standard InChI is InChI=1S/C30H33ClF2N8O3S/c31-20-13-23(32)26(24(33)14-20)38-30-37-25-15-35-29(39-28(25)41(30)22-10-8-19(9-11-22)27(34)42)36-21-7-4-12-40(16-21)45(43,44)17-18-5-2-1-3-6-18/h1-3,5-6,13-15,19,21-22H,4,7-12,16-17H2,(H2,34,42)(H,37,38)(H,35,36,39). The van der Waals surface area contributed by atoms with Gasteiger partial charge in [0.1, 0.15) is 11.2 Å². The summed E-state index contributed by atoms with van der Waals surface area (Å²) < 4.78 is 59.2. The van der Waals surface area contributed by atoms with Gasteiger partial charge in [-0.3, -0.25) is 9.36 Å². The van der Waals surface area contributed by atoms with Crippen molar-refractivity contribution in [1.29, 1.82) is 0 Å². The van der Waals surface area contributed by atoms with E-state index in [2.05, 4.69) is 20.6 Å². The van der Waals surface area contributed by atoms with Crippen LogP contribution < -0.4 is 16.4 Å². The molecule has 3 heterocycles. The molecule has 0 radical (unpaired) electrons. The van der Waals surface area contributed by atoms with Gasteiger partial charge in [-0.15, -0.1) is 0 Å². The minimum atomic E-state index is -3.54. The molecule has 2 aromatic heterocycles. The zero-order chi connectivity index (χ0) is 31.7. The van der Waals surface area contributed by atoms with E-state index in [-0.39, 0.29) is 53.1 Å². The van der Waals surface area contributed by atoms with E-state index in [0.717, 1.165) is 24.1 Å². The SMILES string of the molecule is NC(=O)C1CCC(n2c(Nc3c(F)cc(Cl)cc3F)nc3cnc(NC4CCCN(S(=O)(=O)Cc5ccccc5)C4)nc32)CC1. The van der Waals surface area contributed by atoms with Crippen LogP contribution >= 0.6 is 11.6 Å². The summed E-state index contributed by atoms with van der Waals surface area (Å²) in [6.45, 7) is 0.690. The number of primary amides is 1. The third-order valence-corrected chi connectivity index (χ3v) is 10.5. The number of imidazole rings is 1. The summed E-state index contributed by atoms with van der Waals surface area (Å²) in [5.74, 6) is -2.01. The largest absolute Gasteiger partial charge is 0.369 e. The average molecular weight is 659 g/mol. The molecule has 4 aromatic rings. The number of aromatic nitrogens is 4. The number of amides is 1. The first-order valence-corrected chi connectivity index (χ1v) is 16.8. The van der Waals surface area contributed by atoms with Crippen molar-refractivity contribution in [3.63, 3.8) is 0 Å². The second kappa shape index (κ2) is 12.9. The lowest BCUT2D eigenvalue weighted by Gasteiger charge is -2.32. The lowest BCUT2D eigenvalue weighted by atomic mass is 9.85. The van der Waals surface area contributed by atoms with Crippen molar-refractivity contribution in [2.45, 2.75) is 56.4 Å². The Hall–Kier alpha value is -3.88. The molecule has 238 valence electrons. The summed E-state index contributed by atoms with van der Waals surface area (Å²) in [4.78, 5) is 25.5. The van der Waals surface area contributed by atoms with E-state index in [1.807, 2.05) is 18.2 Å². The van der Waals surface area contributed by atoms with Crippen LogP contribution in [-0.2, 0) is 20.6 Å². The van der Waals surface area contributed by atoms with Crippen molar-refractivity contribution in [2.75, 3.05) is 23.7 Å². The van der Waals surface area contributed by atoms with Gasteiger partial charge in [0.25, 0.3) is 0 Å². The van der Waals surface area contributed by atoms with E-state index in [1.54, 1.807) is 16.7 Å². The van der Waals surface area contributed by atoms with Crippen LogP contribution in [0.15, 0.2) is 48.7 Å². The van der Waals surface area contributed by atoms with E-state index in [0.29, 0.717) is 49.8 Å². The topological polar surface area (TPSA) is 148 Å². The van der Waals surface area contributed by atoms with Crippen LogP contribution in [0.2, 0.25) is 5.02 Å². The van der Waals surface area contributed by atoms with E-state index < -0.39 is 27.3 Å². The molecule has 45 heavy (non-hydrogen) atoms. The maximum absolute atomic E-state index is 14.8. The van der Waals surface area contributed by atoms with E-state index in [9.17, 15) is 22.0 Å². The van der Waals surface area contributed by atoms with Gasteiger partial charge in [-0.05, 0) is 56.2 Å². The summed E-state index contributed by atoms with van der Waals surface area (Å²) >= 11 is 5.82. The number of nitrogens with zero attached hydrogens (tertiary/aromatic N) is 5. The Morgan fingerprint density at radius 1 is 1.04 bits per heavy atom. The molecular formula is C30H33ClF2N8O3S. The Balaban J connectivity index is 1.27. The summed E-state index contributed by atoms with van der Waals surface area (Å²) in [5, 5.41) is 6.00. The van der Waals surface area contributed by atoms with Gasteiger partial charge in [0.15, 0.2) is 17.3 Å². The molecule has 1 aliphatic carbocycles. The highest BCUT2D eigenvalue weighted by Gasteiger charge is 2.31. The van der Waals surface area contributed by atoms with Gasteiger partial charge in [-0.25, -0.2) is 27.2 Å². The van der Waals surface area contributed by atoms with Gasteiger partial charge >= 0.3 is 0 Å². The Morgan fingerprint density at radius 3 is 2.44 bits per heavy atom. The first-order chi connectivity index (χ1) is 21.6. The number of carbonyl (C=O) groups excluding carboxylic acids is 1. The molecule has 1 aliphatic heterocycles. The normalized spacial score (nSPS) is 21.1. The third-order valence-electron chi connectivity index (χ3n) is 8.44. The fourth-order valence-electron chi connectivity index (χ4n) is 6.16. The number of hydrogen-bond acceptors (Lipinski definition) is 8. The van der Waals surface area contributed by atoms with Crippen LogP contribution in [0.4, 0.5) is 26.4 Å². The Morgan fingerprint density at radius 2 is 1.76 bits per heavy atom. The van der Waals surface area contributed by atoms with E-state index in [4.69, 9.17) is 22.3 Å². The number of hydrogen-bond donors (Lipinski definition) is 3. The number of halogens is 3. The van der Waals surface area contributed by atoms with Gasteiger partial charge < -0.3 is 16.4 Å². The Labute approximate surface area is 264 Å². The van der Waals surface area contributed by atoms with Gasteiger partial charge in [0, 0.05) is 36.1 Å². The van der Waals surface area contributed by atoms with Crippen molar-refractivity contribution >= 4 is 56.3 Å². The molecule has 1 saturated heterocycles. The molecule has 2 aliphatic rings. The average Bonchev–Trinajstić information content (AvgIpc) is 3.36. The fraction of sp³-hybridized carbons (Fsp3) is 0.400. The van der Waals surface area contributed by atoms with Crippen LogP contribution in [0.5, 0.6) is 0 Å². The van der Waals surface area contributed by atoms with Crippen LogP contribution in [0, 0.1) is 17.6 Å². The molecule has 0 bridgehead atoms. The summed E-state index contributed by atoms with van der Waals surface area (Å²) in [7, 11) is -3.54. The highest BCUT2D eigenvalue weighted by Crippen LogP contribution is 2.38. The van der Waals surface area contributed by atoms with Crippen LogP contribution in [0.25, 0.3) is 11.2 Å². The molecule has 2 aromatic carbocycles. The molecule has 2 fully saturated rings. The molecule has 4 N–H and O–H groups in total. The maximum Gasteiger partial charge on any atom is 0.225 e. The highest BCUT2D eigenvalue weighted by molar-refractivity contribution is 7.88. The highest BCUT2D eigenvalue weighted by atomic mass is 35.5. The molecule has 1 amide bonds. The molecule has 6 rings (SSSR count). The Kier molecular flexibility index (Phi) is 8.89. The van der Waals surface area contributed by atoms with Crippen molar-refractivity contribution in [2.24, 2.45) is 11.7 Å². The monoisotopic (exact) mass is 658 g/mol. The predicted molar refractivity (Wildman–Crippen MR) is 167 cm³/mol. The predicted octanol–water partition coefficient (Wildman–Crippen LogP) is 5.12. The number of anilines is 3. The maximum atomic E-state index is 14.8. The Bertz CT molecular complexity index is 1790. The zero-order valence-electron chi connectivity index (χ0n) is 24.3. The first kappa shape index (κ1) is 31.1. The number of fused-ring (bicyclic) bond motifs is 1. The van der Waals surface area contributed by atoms with Gasteiger partial charge in [-0.2, -0.15) is 9.29 Å². The van der Waals surface area contributed by atoms with E-state index in [1.165, 1.54) is 10.5 Å². The lowest BCUT2D eigenvalue weighted by Crippen LogP contribution is -2.45. The number of nitrogens with one attached hydrogen (secondary N) is 2. The van der Waals surface area contributed by atoms with E-state index >= 15 is 0 Å². The molecule has 1 saturated carbocycles. The van der Waals surface area contributed by atoms with Crippen molar-refractivity contribution in [3.8, 4) is 0 Å². The summed E-state index contributed by atoms with van der Waals surface area (Å²) in [5.41, 5.74) is 6.68. The number of carbonyl (C=O) groups is 1. The van der Waals surface area contributed by atoms with Gasteiger partial charge in [0.05, 0.1) is 11.9 Å². The first-order valence-electron chi connectivity index (χ1n) is 14.8. The van der Waals surface area contributed by atoms with Crippen molar-refractivity contribution < 1.29 is 22.0 Å². The molecule has 11 nitrogen and oxygen atoms in total. The third kappa shape index (κ3) is 6.87. The fourth-order valence-corrected chi connectivity index (χ4v) is 7.96. The van der Waals surface area contributed by atoms with Crippen LogP contribution in [-0.4, -0.2) is 57.3 Å². The number of rotatable bonds is 9. The number of piperidine rings is 1. The number of sulfonamides is 1. The molecule has 1 atom stereocenters. The molecule has 1 unspecified atom stereocenters. The molecule has 15 heteroatoms. The van der Waals surface area contributed by atoms with Crippen molar-refractivity contribution in [1.82, 2.24) is 23.8 Å². The lowest BCUT2D eigenvalue weighted by molar-refractivity contribution is -0.122. The second-order valence-corrected chi connectivity index (χ2v) is 14.0. The second-order valence-electron chi connectivity index (χ2n) is 11.6. The van der Waals surface area contributed by atoms with Crippen molar-refractivity contribution in [3.05, 3.63) is 70.9 Å². The quantitative estimate of drug-likeness (QED) is 0.224. The molecular weight excluding hydrogens is 626 g/mol. The van der Waals surface area contributed by atoms with Gasteiger partial charge in [-0.1, -0.05) is 41.9 Å². The number of benzene rings is 2. The minimum Gasteiger partial charge on any atom is -0.369 e. The van der Waals surface area contributed by atoms with Gasteiger partial charge in [0.2, 0.25) is 27.8 Å². The van der Waals surface area contributed by atoms with Crippen LogP contribution in [0.3, 0.4) is 0 Å². The summed E-state index contributed by atoms with van der Waals surface area (Å²) in [6.07, 6.45) is 5.15. The molecule has 0 spiro atoms. The number of nitrogens with two attached hydrogens (primary N) is 1. The minimum absolute atomic E-state index is 0.0786. The smallest absolute Gasteiger partial charge is 0.225 e. The van der Waals surface area contributed by atoms with Crippen LogP contribution in [0.1, 0.15) is 50.1 Å². The zero-order valence-corrected chi connectivity index (χ0v) is 25.9. The summed E-state index contributed by atoms with van der Waals surface area (Å²) in [6, 6.07) is 10.7.